The Labute approximate surface area is 111 Å². The van der Waals surface area contributed by atoms with Gasteiger partial charge in [-0.1, -0.05) is 12.1 Å². The van der Waals surface area contributed by atoms with Crippen LogP contribution in [0.15, 0.2) is 36.5 Å². The fourth-order valence-electron chi connectivity index (χ4n) is 2.90. The number of benzene rings is 1. The largest absolute Gasteiger partial charge is 0.388 e. The Kier molecular flexibility index (Phi) is 3.07. The molecule has 1 aromatic carbocycles. The first-order valence-electron chi connectivity index (χ1n) is 6.54. The van der Waals surface area contributed by atoms with Crippen LogP contribution in [0.1, 0.15) is 40.8 Å². The zero-order chi connectivity index (χ0) is 13.4. The minimum Gasteiger partial charge on any atom is -0.388 e. The van der Waals surface area contributed by atoms with E-state index in [4.69, 9.17) is 0 Å². The maximum Gasteiger partial charge on any atom is 0.123 e. The maximum absolute atomic E-state index is 13.4. The number of fused-ring (bicyclic) bond motifs is 1. The van der Waals surface area contributed by atoms with Crippen molar-refractivity contribution in [2.75, 3.05) is 0 Å². The predicted molar refractivity (Wildman–Crippen MR) is 71.4 cm³/mol. The molecule has 98 valence electrons. The fraction of sp³-hybridized carbons (Fsp3) is 0.312. The monoisotopic (exact) mass is 257 g/mol. The molecule has 0 saturated carbocycles. The molecule has 19 heavy (non-hydrogen) atoms. The first kappa shape index (κ1) is 12.3. The second-order valence-corrected chi connectivity index (χ2v) is 5.14. The Morgan fingerprint density at radius 2 is 2.21 bits per heavy atom. The molecule has 0 spiro atoms. The SMILES string of the molecule is Cc1ccc(F)cc1C(O)C1CCc2cccnc21. The molecule has 2 unspecified atom stereocenters. The third kappa shape index (κ3) is 2.15. The van der Waals surface area contributed by atoms with Crippen molar-refractivity contribution < 1.29 is 9.50 Å². The van der Waals surface area contributed by atoms with Crippen LogP contribution in [0.2, 0.25) is 0 Å². The lowest BCUT2D eigenvalue weighted by molar-refractivity contribution is 0.142. The van der Waals surface area contributed by atoms with Crippen LogP contribution < -0.4 is 0 Å². The molecule has 3 rings (SSSR count). The fourth-order valence-corrected chi connectivity index (χ4v) is 2.90. The highest BCUT2D eigenvalue weighted by Gasteiger charge is 2.31. The molecule has 1 aliphatic rings. The van der Waals surface area contributed by atoms with Gasteiger partial charge < -0.3 is 5.11 Å². The van der Waals surface area contributed by atoms with Crippen LogP contribution in [0.3, 0.4) is 0 Å². The predicted octanol–water partition coefficient (Wildman–Crippen LogP) is 3.29. The van der Waals surface area contributed by atoms with Crippen LogP contribution in [0.5, 0.6) is 0 Å². The van der Waals surface area contributed by atoms with E-state index in [9.17, 15) is 9.50 Å². The van der Waals surface area contributed by atoms with Gasteiger partial charge >= 0.3 is 0 Å². The first-order chi connectivity index (χ1) is 9.16. The maximum atomic E-state index is 13.4. The second-order valence-electron chi connectivity index (χ2n) is 5.14. The summed E-state index contributed by atoms with van der Waals surface area (Å²) in [5, 5.41) is 10.6. The number of rotatable bonds is 2. The van der Waals surface area contributed by atoms with E-state index in [1.807, 2.05) is 19.1 Å². The normalized spacial score (nSPS) is 19.2. The van der Waals surface area contributed by atoms with Gasteiger partial charge in [-0.05, 0) is 54.7 Å². The van der Waals surface area contributed by atoms with Crippen molar-refractivity contribution in [2.45, 2.75) is 31.8 Å². The average molecular weight is 257 g/mol. The Hall–Kier alpha value is -1.74. The lowest BCUT2D eigenvalue weighted by atomic mass is 9.91. The number of aryl methyl sites for hydroxylation is 2. The number of aromatic nitrogens is 1. The van der Waals surface area contributed by atoms with E-state index in [1.165, 1.54) is 17.7 Å². The van der Waals surface area contributed by atoms with Crippen molar-refractivity contribution >= 4 is 0 Å². The lowest BCUT2D eigenvalue weighted by Gasteiger charge is -2.20. The molecule has 1 aliphatic carbocycles. The Morgan fingerprint density at radius 3 is 3.05 bits per heavy atom. The molecule has 0 aliphatic heterocycles. The van der Waals surface area contributed by atoms with Gasteiger partial charge in [0.25, 0.3) is 0 Å². The minimum atomic E-state index is -0.688. The summed E-state index contributed by atoms with van der Waals surface area (Å²) in [6.07, 6.45) is 2.86. The number of aliphatic hydroxyl groups is 1. The zero-order valence-electron chi connectivity index (χ0n) is 10.8. The van der Waals surface area contributed by atoms with Crippen molar-refractivity contribution in [1.82, 2.24) is 4.98 Å². The van der Waals surface area contributed by atoms with Crippen LogP contribution in [0.25, 0.3) is 0 Å². The molecule has 0 saturated heterocycles. The lowest BCUT2D eigenvalue weighted by Crippen LogP contribution is -2.11. The second kappa shape index (κ2) is 4.74. The number of nitrogens with zero attached hydrogens (tertiary/aromatic N) is 1. The molecule has 0 bridgehead atoms. The molecule has 0 amide bonds. The third-order valence-corrected chi connectivity index (χ3v) is 3.94. The van der Waals surface area contributed by atoms with Crippen molar-refractivity contribution in [2.24, 2.45) is 0 Å². The topological polar surface area (TPSA) is 33.1 Å². The van der Waals surface area contributed by atoms with Gasteiger partial charge in [-0.25, -0.2) is 4.39 Å². The summed E-state index contributed by atoms with van der Waals surface area (Å²) < 4.78 is 13.4. The Morgan fingerprint density at radius 1 is 1.37 bits per heavy atom. The zero-order valence-corrected chi connectivity index (χ0v) is 10.8. The summed E-state index contributed by atoms with van der Waals surface area (Å²) in [5.41, 5.74) is 3.74. The molecule has 1 aromatic heterocycles. The summed E-state index contributed by atoms with van der Waals surface area (Å²) in [7, 11) is 0. The molecular weight excluding hydrogens is 241 g/mol. The number of hydrogen-bond acceptors (Lipinski definition) is 2. The average Bonchev–Trinajstić information content (AvgIpc) is 2.84. The summed E-state index contributed by atoms with van der Waals surface area (Å²) >= 11 is 0. The van der Waals surface area contributed by atoms with E-state index in [2.05, 4.69) is 4.98 Å². The Balaban J connectivity index is 1.97. The molecule has 0 fully saturated rings. The van der Waals surface area contributed by atoms with Gasteiger partial charge in [0.15, 0.2) is 0 Å². The summed E-state index contributed by atoms with van der Waals surface area (Å²) in [5.74, 6) is -0.337. The van der Waals surface area contributed by atoms with Gasteiger partial charge in [0, 0.05) is 17.8 Å². The van der Waals surface area contributed by atoms with E-state index >= 15 is 0 Å². The standard InChI is InChI=1S/C16H16FNO/c1-10-4-6-12(17)9-14(10)16(19)13-7-5-11-3-2-8-18-15(11)13/h2-4,6,8-9,13,16,19H,5,7H2,1H3. The van der Waals surface area contributed by atoms with Crippen LogP contribution in [0.4, 0.5) is 4.39 Å². The first-order valence-corrected chi connectivity index (χ1v) is 6.54. The van der Waals surface area contributed by atoms with Gasteiger partial charge in [0.1, 0.15) is 5.82 Å². The number of halogens is 1. The highest BCUT2D eigenvalue weighted by molar-refractivity contribution is 5.35. The van der Waals surface area contributed by atoms with Crippen LogP contribution >= 0.6 is 0 Å². The number of pyridine rings is 1. The smallest absolute Gasteiger partial charge is 0.123 e. The molecule has 3 heteroatoms. The van der Waals surface area contributed by atoms with Gasteiger partial charge in [-0.15, -0.1) is 0 Å². The molecule has 0 radical (unpaired) electrons. The van der Waals surface area contributed by atoms with E-state index in [0.717, 1.165) is 24.1 Å². The van der Waals surface area contributed by atoms with E-state index < -0.39 is 6.10 Å². The van der Waals surface area contributed by atoms with E-state index in [0.29, 0.717) is 5.56 Å². The molecular formula is C16H16FNO. The molecule has 1 heterocycles. The summed E-state index contributed by atoms with van der Waals surface area (Å²) in [6, 6.07) is 8.53. The van der Waals surface area contributed by atoms with Gasteiger partial charge in [0.2, 0.25) is 0 Å². The Bertz CT molecular complexity index is 611. The highest BCUT2D eigenvalue weighted by Crippen LogP contribution is 2.41. The molecule has 2 atom stereocenters. The third-order valence-electron chi connectivity index (χ3n) is 3.94. The molecule has 1 N–H and O–H groups in total. The van der Waals surface area contributed by atoms with Crippen molar-refractivity contribution in [1.29, 1.82) is 0 Å². The van der Waals surface area contributed by atoms with Crippen molar-refractivity contribution in [3.63, 3.8) is 0 Å². The molecule has 2 aromatic rings. The van der Waals surface area contributed by atoms with Gasteiger partial charge in [-0.3, -0.25) is 4.98 Å². The van der Waals surface area contributed by atoms with Crippen molar-refractivity contribution in [3.8, 4) is 0 Å². The van der Waals surface area contributed by atoms with Gasteiger partial charge in [-0.2, -0.15) is 0 Å². The van der Waals surface area contributed by atoms with Crippen LogP contribution in [-0.2, 0) is 6.42 Å². The van der Waals surface area contributed by atoms with Crippen molar-refractivity contribution in [3.05, 3.63) is 64.7 Å². The van der Waals surface area contributed by atoms with Gasteiger partial charge in [0.05, 0.1) is 6.10 Å². The number of aliphatic hydroxyl groups excluding tert-OH is 1. The highest BCUT2D eigenvalue weighted by atomic mass is 19.1. The summed E-state index contributed by atoms with van der Waals surface area (Å²) in [4.78, 5) is 4.39. The molecule has 2 nitrogen and oxygen atoms in total. The van der Waals surface area contributed by atoms with Crippen LogP contribution in [0, 0.1) is 12.7 Å². The summed E-state index contributed by atoms with van der Waals surface area (Å²) in [6.45, 7) is 1.90. The minimum absolute atomic E-state index is 0.0308. The van der Waals surface area contributed by atoms with Crippen LogP contribution in [-0.4, -0.2) is 10.1 Å². The number of hydrogen-bond donors (Lipinski definition) is 1. The quantitative estimate of drug-likeness (QED) is 0.895. The van der Waals surface area contributed by atoms with E-state index in [-0.39, 0.29) is 11.7 Å². The van der Waals surface area contributed by atoms with E-state index in [1.54, 1.807) is 12.3 Å².